The van der Waals surface area contributed by atoms with Gasteiger partial charge in [0.05, 0.1) is 13.2 Å². The summed E-state index contributed by atoms with van der Waals surface area (Å²) in [7, 11) is -2.48. The average Bonchev–Trinajstić information content (AvgIpc) is 2.25. The van der Waals surface area contributed by atoms with Gasteiger partial charge in [-0.1, -0.05) is 4.89 Å². The molecule has 0 aliphatic heterocycles. The maximum absolute atomic E-state index is 11.5. The first-order valence-corrected chi connectivity index (χ1v) is 5.86. The number of rotatable bonds is 6. The number of nitrogens with one attached hydrogen (secondary N) is 2. The number of pyridine rings is 1. The van der Waals surface area contributed by atoms with E-state index in [0.29, 0.717) is 0 Å². The highest BCUT2D eigenvalue weighted by molar-refractivity contribution is 7.89. The third-order valence-electron chi connectivity index (χ3n) is 1.64. The molecule has 0 radical (unpaired) electrons. The lowest BCUT2D eigenvalue weighted by molar-refractivity contribution is 0.0438. The highest BCUT2D eigenvalue weighted by atomic mass is 32.2. The fourth-order valence-electron chi connectivity index (χ4n) is 0.900. The van der Waals surface area contributed by atoms with Crippen LogP contribution in [0.3, 0.4) is 0 Å². The van der Waals surface area contributed by atoms with Gasteiger partial charge in [0.15, 0.2) is 0 Å². The van der Waals surface area contributed by atoms with Gasteiger partial charge in [0.25, 0.3) is 10.0 Å². The van der Waals surface area contributed by atoms with Gasteiger partial charge in [0.2, 0.25) is 5.43 Å². The maximum atomic E-state index is 11.5. The molecule has 16 heavy (non-hydrogen) atoms. The third kappa shape index (κ3) is 3.42. The van der Waals surface area contributed by atoms with E-state index < -0.39 is 20.3 Å². The van der Waals surface area contributed by atoms with Gasteiger partial charge in [0.1, 0.15) is 4.90 Å². The summed E-state index contributed by atoms with van der Waals surface area (Å²) < 4.78 is 27.7. The number of aromatic nitrogens is 1. The standard InChI is InChI=1S/C8H12N2O5S/c1-14-4-5-15-10-16(12,13)8-6-9-3-2-7(8)11/h2-3,6,10H,4-5H2,1H3,(H,9,11). The van der Waals surface area contributed by atoms with Gasteiger partial charge in [-0.25, -0.2) is 8.42 Å². The highest BCUT2D eigenvalue weighted by Crippen LogP contribution is 1.99. The van der Waals surface area contributed by atoms with Gasteiger partial charge < -0.3 is 9.72 Å². The van der Waals surface area contributed by atoms with Crippen LogP contribution in [-0.2, 0) is 19.6 Å². The Morgan fingerprint density at radius 1 is 1.44 bits per heavy atom. The number of H-pyrrole nitrogens is 1. The molecule has 2 N–H and O–H groups in total. The van der Waals surface area contributed by atoms with Crippen LogP contribution in [0.4, 0.5) is 0 Å². The molecule has 1 aromatic heterocycles. The zero-order valence-electron chi connectivity index (χ0n) is 8.60. The van der Waals surface area contributed by atoms with Crippen molar-refractivity contribution in [3.63, 3.8) is 0 Å². The van der Waals surface area contributed by atoms with E-state index in [9.17, 15) is 13.2 Å². The minimum absolute atomic E-state index is 0.0560. The minimum atomic E-state index is -3.94. The Morgan fingerprint density at radius 2 is 2.19 bits per heavy atom. The fourth-order valence-corrected chi connectivity index (χ4v) is 1.78. The summed E-state index contributed by atoms with van der Waals surface area (Å²) >= 11 is 0. The zero-order chi connectivity index (χ0) is 12.0. The zero-order valence-corrected chi connectivity index (χ0v) is 9.41. The summed E-state index contributed by atoms with van der Waals surface area (Å²) in [4.78, 5) is 19.8. The van der Waals surface area contributed by atoms with Crippen LogP contribution in [0.15, 0.2) is 28.2 Å². The molecule has 8 heteroatoms. The fraction of sp³-hybridized carbons (Fsp3) is 0.375. The number of methoxy groups -OCH3 is 1. The lowest BCUT2D eigenvalue weighted by Crippen LogP contribution is -2.29. The van der Waals surface area contributed by atoms with Gasteiger partial charge in [-0.05, 0) is 0 Å². The van der Waals surface area contributed by atoms with E-state index in [2.05, 4.69) is 14.6 Å². The van der Waals surface area contributed by atoms with Gasteiger partial charge in [0, 0.05) is 25.6 Å². The molecule has 0 amide bonds. The van der Waals surface area contributed by atoms with Crippen molar-refractivity contribution in [3.8, 4) is 0 Å². The predicted octanol–water partition coefficient (Wildman–Crippen LogP) is -0.769. The molecule has 0 bridgehead atoms. The van der Waals surface area contributed by atoms with E-state index in [1.165, 1.54) is 13.3 Å². The van der Waals surface area contributed by atoms with Gasteiger partial charge in [-0.2, -0.15) is 0 Å². The summed E-state index contributed by atoms with van der Waals surface area (Å²) in [6.45, 7) is 0.300. The molecule has 0 unspecified atom stereocenters. The number of hydrogen-bond acceptors (Lipinski definition) is 5. The predicted molar refractivity (Wildman–Crippen MR) is 55.2 cm³/mol. The Hall–Kier alpha value is -1.22. The number of sulfonamides is 1. The molecule has 7 nitrogen and oxygen atoms in total. The molecule has 0 aliphatic carbocycles. The second-order valence-corrected chi connectivity index (χ2v) is 4.41. The monoisotopic (exact) mass is 248 g/mol. The lowest BCUT2D eigenvalue weighted by atomic mass is 10.5. The van der Waals surface area contributed by atoms with Crippen molar-refractivity contribution >= 4 is 10.0 Å². The molecule has 0 spiro atoms. The van der Waals surface area contributed by atoms with Crippen molar-refractivity contribution in [2.24, 2.45) is 0 Å². The Morgan fingerprint density at radius 3 is 2.81 bits per heavy atom. The summed E-state index contributed by atoms with van der Waals surface area (Å²) in [5.41, 5.74) is -0.610. The van der Waals surface area contributed by atoms with E-state index in [-0.39, 0.29) is 13.2 Å². The van der Waals surface area contributed by atoms with E-state index in [4.69, 9.17) is 0 Å². The molecule has 1 heterocycles. The van der Waals surface area contributed by atoms with Crippen molar-refractivity contribution in [1.82, 2.24) is 9.87 Å². The minimum Gasteiger partial charge on any atom is -0.382 e. The van der Waals surface area contributed by atoms with Crippen LogP contribution in [-0.4, -0.2) is 33.7 Å². The molecule has 0 saturated carbocycles. The Balaban J connectivity index is 2.72. The number of aromatic amines is 1. The molecule has 0 saturated heterocycles. The molecule has 0 fully saturated rings. The number of ether oxygens (including phenoxy) is 1. The average molecular weight is 248 g/mol. The van der Waals surface area contributed by atoms with Gasteiger partial charge >= 0.3 is 0 Å². The van der Waals surface area contributed by atoms with E-state index in [1.807, 2.05) is 4.89 Å². The molecule has 1 rings (SSSR count). The SMILES string of the molecule is COCCONS(=O)(=O)c1c[nH]ccc1=O. The Labute approximate surface area is 92.4 Å². The van der Waals surface area contributed by atoms with Crippen molar-refractivity contribution in [3.05, 3.63) is 28.7 Å². The van der Waals surface area contributed by atoms with Crippen LogP contribution >= 0.6 is 0 Å². The van der Waals surface area contributed by atoms with E-state index in [1.54, 1.807) is 0 Å². The first kappa shape index (κ1) is 12.8. The first-order valence-electron chi connectivity index (χ1n) is 4.37. The third-order valence-corrected chi connectivity index (χ3v) is 2.87. The normalized spacial score (nSPS) is 11.6. The molecule has 1 aromatic rings. The highest BCUT2D eigenvalue weighted by Gasteiger charge is 2.17. The number of hydrogen-bond donors (Lipinski definition) is 2. The Bertz CT molecular complexity index is 481. The summed E-state index contributed by atoms with van der Waals surface area (Å²) in [5, 5.41) is 0. The van der Waals surface area contributed by atoms with Crippen LogP contribution in [0, 0.1) is 0 Å². The lowest BCUT2D eigenvalue weighted by Gasteiger charge is -2.05. The van der Waals surface area contributed by atoms with Crippen molar-refractivity contribution in [2.45, 2.75) is 4.90 Å². The van der Waals surface area contributed by atoms with Gasteiger partial charge in [-0.3, -0.25) is 9.63 Å². The second-order valence-electron chi connectivity index (χ2n) is 2.80. The molecule has 0 aromatic carbocycles. The summed E-state index contributed by atoms with van der Waals surface area (Å²) in [6, 6.07) is 1.11. The Kier molecular flexibility index (Phi) is 4.62. The molecule has 0 atom stereocenters. The topological polar surface area (TPSA) is 97.5 Å². The molecular weight excluding hydrogens is 236 g/mol. The molecule has 0 aliphatic rings. The van der Waals surface area contributed by atoms with Crippen LogP contribution in [0.5, 0.6) is 0 Å². The largest absolute Gasteiger partial charge is 0.382 e. The summed E-state index contributed by atoms with van der Waals surface area (Å²) in [5.74, 6) is 0. The van der Waals surface area contributed by atoms with E-state index in [0.717, 1.165) is 12.3 Å². The van der Waals surface area contributed by atoms with Crippen LogP contribution in [0.2, 0.25) is 0 Å². The molecule has 90 valence electrons. The quantitative estimate of drug-likeness (QED) is 0.509. The second kappa shape index (κ2) is 5.75. The van der Waals surface area contributed by atoms with Crippen LogP contribution in [0.25, 0.3) is 0 Å². The van der Waals surface area contributed by atoms with Crippen LogP contribution < -0.4 is 10.3 Å². The molecular formula is C8H12N2O5S. The van der Waals surface area contributed by atoms with Crippen molar-refractivity contribution < 1.29 is 18.0 Å². The maximum Gasteiger partial charge on any atom is 0.267 e. The van der Waals surface area contributed by atoms with Gasteiger partial charge in [-0.15, -0.1) is 0 Å². The van der Waals surface area contributed by atoms with Crippen LogP contribution in [0.1, 0.15) is 0 Å². The van der Waals surface area contributed by atoms with Crippen molar-refractivity contribution in [2.75, 3.05) is 20.3 Å². The van der Waals surface area contributed by atoms with E-state index >= 15 is 0 Å². The smallest absolute Gasteiger partial charge is 0.267 e. The first-order chi connectivity index (χ1) is 7.58. The summed E-state index contributed by atoms with van der Waals surface area (Å²) in [6.07, 6.45) is 2.43. The van der Waals surface area contributed by atoms with Crippen molar-refractivity contribution in [1.29, 1.82) is 0 Å².